The van der Waals surface area contributed by atoms with Crippen molar-refractivity contribution in [3.05, 3.63) is 0 Å². The zero-order valence-electron chi connectivity index (χ0n) is 8.88. The van der Waals surface area contributed by atoms with E-state index in [9.17, 15) is 0 Å². The molecule has 0 rings (SSSR count). The van der Waals surface area contributed by atoms with Crippen molar-refractivity contribution in [1.29, 1.82) is 0 Å². The van der Waals surface area contributed by atoms with Gasteiger partial charge in [-0.15, -0.1) is 0 Å². The Hall–Kier alpha value is -0.570. The van der Waals surface area contributed by atoms with Gasteiger partial charge in [-0.1, -0.05) is 39.0 Å². The van der Waals surface area contributed by atoms with E-state index in [2.05, 4.69) is 6.92 Å². The van der Waals surface area contributed by atoms with Crippen LogP contribution in [0.5, 0.6) is 0 Å². The van der Waals surface area contributed by atoms with Gasteiger partial charge in [0.2, 0.25) is 0 Å². The summed E-state index contributed by atoms with van der Waals surface area (Å²) in [7, 11) is 0. The molecule has 0 radical (unpaired) electrons. The summed E-state index contributed by atoms with van der Waals surface area (Å²) in [5.41, 5.74) is 5.34. The molecule has 0 aromatic carbocycles. The normalized spacial score (nSPS) is 8.85. The molecule has 3 N–H and O–H groups in total. The first kappa shape index (κ1) is 14.9. The Morgan fingerprint density at radius 1 is 1.15 bits per heavy atom. The number of unbranched alkanes of at least 4 members (excludes halogenated alkanes) is 5. The molecule has 0 unspecified atom stereocenters. The summed E-state index contributed by atoms with van der Waals surface area (Å²) in [5, 5.41) is 7.42. The lowest BCUT2D eigenvalue weighted by molar-refractivity contribution is -0.134. The predicted octanol–water partition coefficient (Wildman–Crippen LogP) is 2.40. The highest BCUT2D eigenvalue weighted by atomic mass is 16.4. The van der Waals surface area contributed by atoms with Gasteiger partial charge >= 0.3 is 0 Å². The molecule has 0 aliphatic rings. The third-order valence-corrected chi connectivity index (χ3v) is 1.56. The van der Waals surface area contributed by atoms with Crippen LogP contribution in [-0.4, -0.2) is 17.6 Å². The van der Waals surface area contributed by atoms with E-state index in [4.69, 9.17) is 15.6 Å². The third-order valence-electron chi connectivity index (χ3n) is 1.56. The molecular weight excluding hydrogens is 166 g/mol. The second-order valence-electron chi connectivity index (χ2n) is 3.08. The van der Waals surface area contributed by atoms with Crippen LogP contribution in [0.25, 0.3) is 0 Å². The van der Waals surface area contributed by atoms with Crippen LogP contribution in [-0.2, 0) is 4.79 Å². The summed E-state index contributed by atoms with van der Waals surface area (Å²) in [6.07, 6.45) is 8.05. The summed E-state index contributed by atoms with van der Waals surface area (Å²) in [4.78, 5) is 9.00. The lowest BCUT2D eigenvalue weighted by Gasteiger charge is -1.96. The van der Waals surface area contributed by atoms with Gasteiger partial charge in [0, 0.05) is 6.92 Å². The zero-order chi connectivity index (χ0) is 10.5. The first-order chi connectivity index (χ1) is 6.15. The fourth-order valence-electron chi connectivity index (χ4n) is 0.925. The van der Waals surface area contributed by atoms with Crippen LogP contribution in [0, 0.1) is 0 Å². The molecule has 3 nitrogen and oxygen atoms in total. The van der Waals surface area contributed by atoms with E-state index in [0.717, 1.165) is 13.5 Å². The molecule has 0 heterocycles. The number of hydrogen-bond donors (Lipinski definition) is 2. The van der Waals surface area contributed by atoms with Gasteiger partial charge in [0.05, 0.1) is 0 Å². The molecule has 0 amide bonds. The van der Waals surface area contributed by atoms with E-state index in [1.165, 1.54) is 38.5 Å². The number of nitrogens with two attached hydrogens (primary N) is 1. The molecule has 0 aromatic rings. The van der Waals surface area contributed by atoms with Crippen molar-refractivity contribution in [3.8, 4) is 0 Å². The SMILES string of the molecule is CC(=O)O.CCCCCCCCN. The predicted molar refractivity (Wildman–Crippen MR) is 55.7 cm³/mol. The minimum Gasteiger partial charge on any atom is -0.481 e. The number of rotatable bonds is 6. The average Bonchev–Trinajstić information content (AvgIpc) is 2.03. The maximum absolute atomic E-state index is 9.00. The minimum absolute atomic E-state index is 0.833. The lowest BCUT2D eigenvalue weighted by atomic mass is 10.1. The second-order valence-corrected chi connectivity index (χ2v) is 3.08. The Morgan fingerprint density at radius 2 is 1.54 bits per heavy atom. The molecule has 0 fully saturated rings. The van der Waals surface area contributed by atoms with Gasteiger partial charge in [-0.2, -0.15) is 0 Å². The molecule has 0 aromatic heterocycles. The van der Waals surface area contributed by atoms with Crippen molar-refractivity contribution in [2.45, 2.75) is 52.4 Å². The largest absolute Gasteiger partial charge is 0.481 e. The van der Waals surface area contributed by atoms with Gasteiger partial charge in [-0.05, 0) is 13.0 Å². The maximum Gasteiger partial charge on any atom is 0.300 e. The van der Waals surface area contributed by atoms with Gasteiger partial charge in [0.1, 0.15) is 0 Å². The molecule has 0 spiro atoms. The van der Waals surface area contributed by atoms with E-state index in [1.807, 2.05) is 0 Å². The van der Waals surface area contributed by atoms with Crippen molar-refractivity contribution in [3.63, 3.8) is 0 Å². The van der Waals surface area contributed by atoms with Crippen LogP contribution in [0.15, 0.2) is 0 Å². The Morgan fingerprint density at radius 3 is 1.92 bits per heavy atom. The van der Waals surface area contributed by atoms with Crippen molar-refractivity contribution >= 4 is 5.97 Å². The number of hydrogen-bond acceptors (Lipinski definition) is 2. The summed E-state index contributed by atoms with van der Waals surface area (Å²) in [6.45, 7) is 4.19. The highest BCUT2D eigenvalue weighted by Crippen LogP contribution is 2.03. The molecule has 0 bridgehead atoms. The van der Waals surface area contributed by atoms with Crippen molar-refractivity contribution < 1.29 is 9.90 Å². The number of aliphatic carboxylic acids is 1. The number of carboxylic acid groups (broad SMARTS) is 1. The van der Waals surface area contributed by atoms with Gasteiger partial charge in [0.15, 0.2) is 0 Å². The van der Waals surface area contributed by atoms with E-state index in [1.54, 1.807) is 0 Å². The second kappa shape index (κ2) is 14.0. The van der Waals surface area contributed by atoms with Crippen LogP contribution >= 0.6 is 0 Å². The van der Waals surface area contributed by atoms with E-state index < -0.39 is 5.97 Å². The standard InChI is InChI=1S/C8H19N.C2H4O2/c1-2-3-4-5-6-7-8-9;1-2(3)4/h2-9H2,1H3;1H3,(H,3,4). The number of carboxylic acids is 1. The van der Waals surface area contributed by atoms with E-state index in [-0.39, 0.29) is 0 Å². The first-order valence-corrected chi connectivity index (χ1v) is 5.04. The Labute approximate surface area is 81.3 Å². The van der Waals surface area contributed by atoms with Crippen LogP contribution in [0.3, 0.4) is 0 Å². The summed E-state index contributed by atoms with van der Waals surface area (Å²) >= 11 is 0. The highest BCUT2D eigenvalue weighted by molar-refractivity contribution is 5.62. The lowest BCUT2D eigenvalue weighted by Crippen LogP contribution is -1.97. The van der Waals surface area contributed by atoms with Crippen LogP contribution < -0.4 is 5.73 Å². The van der Waals surface area contributed by atoms with Crippen molar-refractivity contribution in [2.24, 2.45) is 5.73 Å². The molecule has 0 aliphatic carbocycles. The Bertz CT molecular complexity index is 95.1. The molecule has 0 aliphatic heterocycles. The van der Waals surface area contributed by atoms with Gasteiger partial charge in [-0.3, -0.25) is 4.79 Å². The maximum atomic E-state index is 9.00. The number of carbonyl (C=O) groups is 1. The van der Waals surface area contributed by atoms with Gasteiger partial charge in [-0.25, -0.2) is 0 Å². The first-order valence-electron chi connectivity index (χ1n) is 5.04. The van der Waals surface area contributed by atoms with Crippen molar-refractivity contribution in [1.82, 2.24) is 0 Å². The summed E-state index contributed by atoms with van der Waals surface area (Å²) < 4.78 is 0. The van der Waals surface area contributed by atoms with E-state index >= 15 is 0 Å². The zero-order valence-corrected chi connectivity index (χ0v) is 8.88. The monoisotopic (exact) mass is 189 g/mol. The smallest absolute Gasteiger partial charge is 0.300 e. The molecule has 0 atom stereocenters. The van der Waals surface area contributed by atoms with E-state index in [0.29, 0.717) is 0 Å². The van der Waals surface area contributed by atoms with Crippen LogP contribution in [0.2, 0.25) is 0 Å². The summed E-state index contributed by atoms with van der Waals surface area (Å²) in [5.74, 6) is -0.833. The van der Waals surface area contributed by atoms with Crippen LogP contribution in [0.4, 0.5) is 0 Å². The quantitative estimate of drug-likeness (QED) is 0.631. The van der Waals surface area contributed by atoms with Crippen molar-refractivity contribution in [2.75, 3.05) is 6.54 Å². The van der Waals surface area contributed by atoms with Crippen LogP contribution in [0.1, 0.15) is 52.4 Å². The molecule has 0 saturated heterocycles. The molecular formula is C10H23NO2. The molecule has 80 valence electrons. The third kappa shape index (κ3) is 34.5. The topological polar surface area (TPSA) is 63.3 Å². The average molecular weight is 189 g/mol. The molecule has 0 saturated carbocycles. The van der Waals surface area contributed by atoms with Gasteiger partial charge < -0.3 is 10.8 Å². The Kier molecular flexibility index (Phi) is 16.1. The highest BCUT2D eigenvalue weighted by Gasteiger charge is 1.85. The molecule has 3 heteroatoms. The summed E-state index contributed by atoms with van der Waals surface area (Å²) in [6, 6.07) is 0. The Balaban J connectivity index is 0. The fraction of sp³-hybridized carbons (Fsp3) is 0.900. The minimum atomic E-state index is -0.833. The fourth-order valence-corrected chi connectivity index (χ4v) is 0.925. The molecule has 13 heavy (non-hydrogen) atoms. The van der Waals surface area contributed by atoms with Gasteiger partial charge in [0.25, 0.3) is 5.97 Å².